The summed E-state index contributed by atoms with van der Waals surface area (Å²) in [7, 11) is 0. The molecular weight excluding hydrogens is 476 g/mol. The normalized spacial score (nSPS) is 17.2. The van der Waals surface area contributed by atoms with Gasteiger partial charge in [-0.3, -0.25) is 4.79 Å². The molecule has 4 aromatic rings. The molecule has 1 aliphatic carbocycles. The van der Waals surface area contributed by atoms with Crippen LogP contribution in [0, 0.1) is 12.8 Å². The summed E-state index contributed by atoms with van der Waals surface area (Å²) in [5, 5.41) is 12.2. The number of hydrogen-bond acceptors (Lipinski definition) is 8. The highest BCUT2D eigenvalue weighted by Crippen LogP contribution is 2.39. The van der Waals surface area contributed by atoms with Crippen LogP contribution in [0.25, 0.3) is 22.0 Å². The minimum Gasteiger partial charge on any atom is -0.437 e. The molecule has 3 N–H and O–H groups in total. The van der Waals surface area contributed by atoms with Crippen LogP contribution in [0.5, 0.6) is 11.6 Å². The Hall–Kier alpha value is -4.04. The van der Waals surface area contributed by atoms with E-state index in [1.54, 1.807) is 12.4 Å². The third kappa shape index (κ3) is 5.31. The smallest absolute Gasteiger partial charge is 0.228 e. The van der Waals surface area contributed by atoms with Crippen LogP contribution in [0.3, 0.4) is 0 Å². The Labute approximate surface area is 222 Å². The van der Waals surface area contributed by atoms with Crippen LogP contribution in [-0.4, -0.2) is 46.4 Å². The van der Waals surface area contributed by atoms with Crippen LogP contribution in [0.15, 0.2) is 60.9 Å². The van der Waals surface area contributed by atoms with Gasteiger partial charge in [0.1, 0.15) is 5.75 Å². The number of ketones is 1. The predicted octanol–water partition coefficient (Wildman–Crippen LogP) is 5.35. The Morgan fingerprint density at radius 2 is 1.95 bits per heavy atom. The Morgan fingerprint density at radius 3 is 2.79 bits per heavy atom. The molecule has 2 aromatic carbocycles. The largest absolute Gasteiger partial charge is 0.437 e. The topological polar surface area (TPSA) is 101 Å². The number of aromatic nitrogens is 3. The van der Waals surface area contributed by atoms with E-state index in [1.807, 2.05) is 49.4 Å². The summed E-state index contributed by atoms with van der Waals surface area (Å²) in [6.07, 6.45) is 7.75. The molecule has 1 atom stereocenters. The van der Waals surface area contributed by atoms with Gasteiger partial charge in [-0.2, -0.15) is 0 Å². The number of nitrogens with zero attached hydrogens (tertiary/aromatic N) is 3. The molecule has 1 saturated carbocycles. The first-order valence-corrected chi connectivity index (χ1v) is 13.4. The fraction of sp³-hybridized carbons (Fsp3) is 0.333. The number of piperidine rings is 1. The average Bonchev–Trinajstić information content (AvgIpc) is 3.80. The van der Waals surface area contributed by atoms with Crippen molar-refractivity contribution in [2.75, 3.05) is 30.3 Å². The highest BCUT2D eigenvalue weighted by molar-refractivity contribution is 6.00. The van der Waals surface area contributed by atoms with E-state index in [1.165, 1.54) is 0 Å². The second-order valence-corrected chi connectivity index (χ2v) is 10.1. The van der Waals surface area contributed by atoms with E-state index < -0.39 is 0 Å². The number of ether oxygens (including phenoxy) is 1. The Kier molecular flexibility index (Phi) is 6.88. The molecule has 6 rings (SSSR count). The number of Topliss-reactive ketones (excluding diaryl/α,β-unsaturated/α-hetero) is 1. The Balaban J connectivity index is 1.29. The predicted molar refractivity (Wildman–Crippen MR) is 150 cm³/mol. The molecule has 1 saturated heterocycles. The molecule has 38 heavy (non-hydrogen) atoms. The lowest BCUT2D eigenvalue weighted by atomic mass is 10.0. The number of benzene rings is 2. The van der Waals surface area contributed by atoms with E-state index in [-0.39, 0.29) is 11.7 Å². The summed E-state index contributed by atoms with van der Waals surface area (Å²) >= 11 is 0. The van der Waals surface area contributed by atoms with Crippen LogP contribution < -0.4 is 20.7 Å². The monoisotopic (exact) mass is 508 g/mol. The average molecular weight is 509 g/mol. The fourth-order valence-corrected chi connectivity index (χ4v) is 4.96. The summed E-state index contributed by atoms with van der Waals surface area (Å²) in [6, 6.07) is 16.2. The van der Waals surface area contributed by atoms with Crippen molar-refractivity contribution in [1.29, 1.82) is 0 Å². The first-order valence-electron chi connectivity index (χ1n) is 13.4. The molecule has 1 aliphatic heterocycles. The van der Waals surface area contributed by atoms with Gasteiger partial charge < -0.3 is 20.7 Å². The minimum atomic E-state index is 0.234. The van der Waals surface area contributed by atoms with E-state index in [0.717, 1.165) is 77.8 Å². The number of carbonyl (C=O) groups excluding carboxylic acids is 1. The second kappa shape index (κ2) is 10.8. The number of hydrogen-bond donors (Lipinski definition) is 3. The summed E-state index contributed by atoms with van der Waals surface area (Å²) in [5.41, 5.74) is 3.45. The molecule has 2 aromatic heterocycles. The quantitative estimate of drug-likeness (QED) is 0.278. The number of pyridine rings is 1. The van der Waals surface area contributed by atoms with E-state index >= 15 is 0 Å². The highest BCUT2D eigenvalue weighted by Gasteiger charge is 2.29. The van der Waals surface area contributed by atoms with Gasteiger partial charge >= 0.3 is 0 Å². The van der Waals surface area contributed by atoms with E-state index in [0.29, 0.717) is 24.4 Å². The minimum absolute atomic E-state index is 0.234. The van der Waals surface area contributed by atoms with Gasteiger partial charge in [-0.1, -0.05) is 24.3 Å². The van der Waals surface area contributed by atoms with Crippen LogP contribution in [0.4, 0.5) is 11.6 Å². The molecule has 0 radical (unpaired) electrons. The van der Waals surface area contributed by atoms with E-state index in [2.05, 4.69) is 32.0 Å². The van der Waals surface area contributed by atoms with Crippen LogP contribution >= 0.6 is 0 Å². The van der Waals surface area contributed by atoms with Crippen molar-refractivity contribution < 1.29 is 9.53 Å². The Bertz CT molecular complexity index is 1460. The van der Waals surface area contributed by atoms with Gasteiger partial charge in [-0.15, -0.1) is 0 Å². The molecule has 194 valence electrons. The van der Waals surface area contributed by atoms with Gasteiger partial charge in [-0.25, -0.2) is 15.0 Å². The lowest BCUT2D eigenvalue weighted by Crippen LogP contribution is -2.38. The van der Waals surface area contributed by atoms with E-state index in [4.69, 9.17) is 9.72 Å². The van der Waals surface area contributed by atoms with Crippen molar-refractivity contribution in [3.8, 4) is 22.9 Å². The van der Waals surface area contributed by atoms with Crippen molar-refractivity contribution >= 4 is 28.2 Å². The summed E-state index contributed by atoms with van der Waals surface area (Å²) < 4.78 is 6.53. The molecule has 0 amide bonds. The Morgan fingerprint density at radius 1 is 1.03 bits per heavy atom. The van der Waals surface area contributed by atoms with Gasteiger partial charge in [0, 0.05) is 47.4 Å². The zero-order chi connectivity index (χ0) is 25.9. The second-order valence-electron chi connectivity index (χ2n) is 10.1. The highest BCUT2D eigenvalue weighted by atomic mass is 16.5. The lowest BCUT2D eigenvalue weighted by Gasteiger charge is -2.23. The molecule has 2 fully saturated rings. The maximum atomic E-state index is 12.3. The maximum absolute atomic E-state index is 12.3. The first kappa shape index (κ1) is 24.3. The SMILES string of the molecule is Cc1ccc2c(NCC(=O)C3CC3)cccc2c1Oc1ncccc1-c1ccnc(N[C@H]2CCCNC2)n1. The summed E-state index contributed by atoms with van der Waals surface area (Å²) in [5.74, 6) is 2.33. The van der Waals surface area contributed by atoms with Crippen LogP contribution in [0.1, 0.15) is 31.2 Å². The number of anilines is 2. The molecule has 3 heterocycles. The van der Waals surface area contributed by atoms with Crippen LogP contribution in [-0.2, 0) is 4.79 Å². The molecule has 2 aliphatic rings. The number of fused-ring (bicyclic) bond motifs is 1. The fourth-order valence-electron chi connectivity index (χ4n) is 4.96. The molecular formula is C30H32N6O2. The molecule has 0 unspecified atom stereocenters. The van der Waals surface area contributed by atoms with Crippen molar-refractivity contribution in [1.82, 2.24) is 20.3 Å². The zero-order valence-electron chi connectivity index (χ0n) is 21.5. The lowest BCUT2D eigenvalue weighted by molar-refractivity contribution is -0.118. The van der Waals surface area contributed by atoms with Gasteiger partial charge in [0.15, 0.2) is 5.78 Å². The number of nitrogens with one attached hydrogen (secondary N) is 3. The van der Waals surface area contributed by atoms with Crippen molar-refractivity contribution in [3.05, 3.63) is 66.5 Å². The first-order chi connectivity index (χ1) is 18.7. The summed E-state index contributed by atoms with van der Waals surface area (Å²) in [6.45, 7) is 4.33. The van der Waals surface area contributed by atoms with Gasteiger partial charge in [0.25, 0.3) is 0 Å². The zero-order valence-corrected chi connectivity index (χ0v) is 21.5. The van der Waals surface area contributed by atoms with Crippen molar-refractivity contribution in [3.63, 3.8) is 0 Å². The number of aryl methyl sites for hydroxylation is 1. The van der Waals surface area contributed by atoms with Crippen LogP contribution in [0.2, 0.25) is 0 Å². The molecule has 8 nitrogen and oxygen atoms in total. The van der Waals surface area contributed by atoms with Gasteiger partial charge in [-0.05, 0) is 69.0 Å². The molecule has 0 bridgehead atoms. The van der Waals surface area contributed by atoms with Gasteiger partial charge in [0.2, 0.25) is 11.8 Å². The number of carbonyl (C=O) groups is 1. The molecule has 0 spiro atoms. The number of rotatable bonds is 9. The standard InChI is InChI=1S/C30H32N6O2/c1-19-9-12-22-23(6-2-8-25(22)34-18-27(37)20-10-11-20)28(19)38-29-24(7-4-15-32-29)26-13-16-33-30(36-26)35-21-5-3-14-31-17-21/h2,4,6-9,12-13,15-16,20-21,31,34H,3,5,10-11,14,17-18H2,1H3,(H,33,35,36)/t21-/m0/s1. The van der Waals surface area contributed by atoms with Gasteiger partial charge in [0.05, 0.1) is 17.8 Å². The van der Waals surface area contributed by atoms with Crippen molar-refractivity contribution in [2.45, 2.75) is 38.6 Å². The summed E-state index contributed by atoms with van der Waals surface area (Å²) in [4.78, 5) is 26.1. The molecule has 8 heteroatoms. The van der Waals surface area contributed by atoms with Crippen molar-refractivity contribution in [2.24, 2.45) is 5.92 Å². The maximum Gasteiger partial charge on any atom is 0.228 e. The van der Waals surface area contributed by atoms with E-state index in [9.17, 15) is 4.79 Å². The third-order valence-corrected chi connectivity index (χ3v) is 7.23. The third-order valence-electron chi connectivity index (χ3n) is 7.23.